The highest BCUT2D eigenvalue weighted by Gasteiger charge is 2.45. The fraction of sp³-hybridized carbons (Fsp3) is 0.278. The van der Waals surface area contributed by atoms with Crippen molar-refractivity contribution in [1.29, 1.82) is 0 Å². The van der Waals surface area contributed by atoms with Gasteiger partial charge in [-0.05, 0) is 35.9 Å². The van der Waals surface area contributed by atoms with Crippen molar-refractivity contribution in [3.8, 4) is 0 Å². The minimum Gasteiger partial charge on any atom is -0.351 e. The maximum absolute atomic E-state index is 14.3. The lowest BCUT2D eigenvalue weighted by Crippen LogP contribution is -2.44. The second-order valence-electron chi connectivity index (χ2n) is 6.39. The number of nitrogens with zero attached hydrogens (tertiary/aromatic N) is 3. The van der Waals surface area contributed by atoms with Gasteiger partial charge in [0.25, 0.3) is 0 Å². The molecule has 0 radical (unpaired) electrons. The van der Waals surface area contributed by atoms with Crippen molar-refractivity contribution in [2.45, 2.75) is 19.4 Å². The van der Waals surface area contributed by atoms with Gasteiger partial charge < -0.3 is 4.90 Å². The van der Waals surface area contributed by atoms with Crippen LogP contribution in [0.3, 0.4) is 0 Å². The number of fused-ring (bicyclic) bond motifs is 1. The predicted octanol–water partition coefficient (Wildman–Crippen LogP) is 2.73. The molecule has 1 saturated heterocycles. The molecule has 2 aliphatic rings. The number of thiophene rings is 1. The summed E-state index contributed by atoms with van der Waals surface area (Å²) < 4.78 is 27.8. The van der Waals surface area contributed by atoms with E-state index in [9.17, 15) is 23.2 Å². The number of anilines is 1. The molecule has 9 heteroatoms. The van der Waals surface area contributed by atoms with Crippen molar-refractivity contribution in [3.63, 3.8) is 0 Å². The fourth-order valence-electron chi connectivity index (χ4n) is 3.42. The first kappa shape index (κ1) is 17.6. The van der Waals surface area contributed by atoms with Crippen LogP contribution in [-0.4, -0.2) is 40.9 Å². The molecule has 4 rings (SSSR count). The van der Waals surface area contributed by atoms with Gasteiger partial charge in [-0.15, -0.1) is 11.3 Å². The van der Waals surface area contributed by atoms with E-state index in [1.807, 2.05) is 5.38 Å². The Morgan fingerprint density at radius 1 is 1.07 bits per heavy atom. The van der Waals surface area contributed by atoms with Crippen molar-refractivity contribution in [3.05, 3.63) is 51.7 Å². The van der Waals surface area contributed by atoms with Crippen LogP contribution in [0.1, 0.15) is 16.9 Å². The third-order valence-corrected chi connectivity index (χ3v) is 5.50. The number of carbonyl (C=O) groups excluding carboxylic acids is 3. The molecular weight excluding hydrogens is 376 g/mol. The number of hydrogen-bond donors (Lipinski definition) is 0. The summed E-state index contributed by atoms with van der Waals surface area (Å²) in [6.07, 6.45) is 1.13. The summed E-state index contributed by atoms with van der Waals surface area (Å²) in [5.41, 5.74) is 0.659. The molecule has 1 aromatic carbocycles. The zero-order valence-corrected chi connectivity index (χ0v) is 15.0. The van der Waals surface area contributed by atoms with E-state index in [2.05, 4.69) is 0 Å². The average molecular weight is 391 g/mol. The highest BCUT2D eigenvalue weighted by atomic mass is 32.1. The molecule has 2 aromatic rings. The normalized spacial score (nSPS) is 17.1. The Bertz CT molecular complexity index is 932. The third kappa shape index (κ3) is 3.08. The number of aryl methyl sites for hydroxylation is 1. The molecular formula is C18H15F2N3O3S. The first-order chi connectivity index (χ1) is 13.0. The highest BCUT2D eigenvalue weighted by molar-refractivity contribution is 7.09. The Labute approximate surface area is 157 Å². The van der Waals surface area contributed by atoms with E-state index < -0.39 is 29.5 Å². The minimum atomic E-state index is -0.939. The Balaban J connectivity index is 1.58. The third-order valence-electron chi connectivity index (χ3n) is 4.64. The van der Waals surface area contributed by atoms with Crippen LogP contribution in [0.4, 0.5) is 19.3 Å². The molecule has 2 aliphatic heterocycles. The Kier molecular flexibility index (Phi) is 4.39. The molecule has 4 amide bonds. The van der Waals surface area contributed by atoms with E-state index in [0.717, 1.165) is 20.7 Å². The summed E-state index contributed by atoms with van der Waals surface area (Å²) in [4.78, 5) is 41.1. The number of hydrogen-bond acceptors (Lipinski definition) is 5. The summed E-state index contributed by atoms with van der Waals surface area (Å²) in [7, 11) is 0. The summed E-state index contributed by atoms with van der Waals surface area (Å²) >= 11 is 1.37. The zero-order chi connectivity index (χ0) is 19.1. The molecule has 140 valence electrons. The van der Waals surface area contributed by atoms with E-state index in [0.29, 0.717) is 24.9 Å². The molecule has 0 saturated carbocycles. The van der Waals surface area contributed by atoms with Crippen LogP contribution in [0.2, 0.25) is 0 Å². The Morgan fingerprint density at radius 2 is 1.85 bits per heavy atom. The smallest absolute Gasteiger partial charge is 0.336 e. The average Bonchev–Trinajstić information content (AvgIpc) is 3.21. The van der Waals surface area contributed by atoms with Crippen LogP contribution >= 0.6 is 11.3 Å². The van der Waals surface area contributed by atoms with E-state index in [-0.39, 0.29) is 18.9 Å². The van der Waals surface area contributed by atoms with Crippen molar-refractivity contribution >= 4 is 34.9 Å². The van der Waals surface area contributed by atoms with Gasteiger partial charge in [0, 0.05) is 17.5 Å². The monoisotopic (exact) mass is 391 g/mol. The van der Waals surface area contributed by atoms with Gasteiger partial charge in [-0.2, -0.15) is 0 Å². The van der Waals surface area contributed by atoms with E-state index in [1.54, 1.807) is 12.1 Å². The molecule has 1 aromatic heterocycles. The van der Waals surface area contributed by atoms with Gasteiger partial charge in [-0.1, -0.05) is 6.07 Å². The summed E-state index contributed by atoms with van der Waals surface area (Å²) in [5, 5.41) is 1.81. The van der Waals surface area contributed by atoms with Gasteiger partial charge >= 0.3 is 17.8 Å². The number of carbonyl (C=O) groups is 3. The van der Waals surface area contributed by atoms with Crippen molar-refractivity contribution in [2.75, 3.05) is 18.1 Å². The SMILES string of the molecule is O=C1C(=O)N(CN2CCCc3cc(F)cc(F)c32)C(=O)N1Cc1cccs1. The second kappa shape index (κ2) is 6.73. The molecule has 0 unspecified atom stereocenters. The van der Waals surface area contributed by atoms with E-state index in [1.165, 1.54) is 22.3 Å². The van der Waals surface area contributed by atoms with E-state index in [4.69, 9.17) is 0 Å². The second-order valence-corrected chi connectivity index (χ2v) is 7.42. The van der Waals surface area contributed by atoms with Gasteiger partial charge in [0.1, 0.15) is 18.3 Å². The van der Waals surface area contributed by atoms with Gasteiger partial charge in [0.15, 0.2) is 0 Å². The van der Waals surface area contributed by atoms with Gasteiger partial charge in [0.2, 0.25) is 0 Å². The number of amides is 4. The highest BCUT2D eigenvalue weighted by Crippen LogP contribution is 2.32. The van der Waals surface area contributed by atoms with Crippen LogP contribution in [0.5, 0.6) is 0 Å². The topological polar surface area (TPSA) is 60.9 Å². The lowest BCUT2D eigenvalue weighted by Gasteiger charge is -2.33. The largest absolute Gasteiger partial charge is 0.351 e. The first-order valence-electron chi connectivity index (χ1n) is 8.38. The quantitative estimate of drug-likeness (QED) is 0.594. The Morgan fingerprint density at radius 3 is 2.59 bits per heavy atom. The molecule has 6 nitrogen and oxygen atoms in total. The maximum Gasteiger partial charge on any atom is 0.336 e. The minimum absolute atomic E-state index is 0.0216. The van der Waals surface area contributed by atoms with Crippen molar-refractivity contribution in [2.24, 2.45) is 0 Å². The number of imide groups is 2. The number of halogens is 2. The number of benzene rings is 1. The zero-order valence-electron chi connectivity index (χ0n) is 14.2. The lowest BCUT2D eigenvalue weighted by atomic mass is 10.0. The summed E-state index contributed by atoms with van der Waals surface area (Å²) in [6.45, 7) is 0.166. The first-order valence-corrected chi connectivity index (χ1v) is 9.26. The molecule has 0 aliphatic carbocycles. The van der Waals surface area contributed by atoms with Crippen molar-refractivity contribution < 1.29 is 23.2 Å². The van der Waals surface area contributed by atoms with Crippen LogP contribution < -0.4 is 4.90 Å². The molecule has 0 spiro atoms. The number of rotatable bonds is 4. The van der Waals surface area contributed by atoms with E-state index >= 15 is 0 Å². The molecule has 0 N–H and O–H groups in total. The van der Waals surface area contributed by atoms with Gasteiger partial charge in [0.05, 0.1) is 12.2 Å². The van der Waals surface area contributed by atoms with Gasteiger partial charge in [-0.3, -0.25) is 14.5 Å². The Hall–Kier alpha value is -2.81. The van der Waals surface area contributed by atoms with Crippen molar-refractivity contribution in [1.82, 2.24) is 9.80 Å². The van der Waals surface area contributed by atoms with Crippen LogP contribution in [0, 0.1) is 11.6 Å². The molecule has 1 fully saturated rings. The molecule has 0 bridgehead atoms. The lowest BCUT2D eigenvalue weighted by molar-refractivity contribution is -0.143. The van der Waals surface area contributed by atoms with Crippen LogP contribution in [0.15, 0.2) is 29.6 Å². The number of urea groups is 1. The standard InChI is InChI=1S/C18H15F2N3O3S/c19-12-7-11-3-1-5-21(15(11)14(20)8-12)10-23-17(25)16(24)22(18(23)26)9-13-4-2-6-27-13/h2,4,6-8H,1,3,5,9-10H2. The summed E-state index contributed by atoms with van der Waals surface area (Å²) in [5.74, 6) is -3.25. The predicted molar refractivity (Wildman–Crippen MR) is 94.0 cm³/mol. The molecule has 27 heavy (non-hydrogen) atoms. The van der Waals surface area contributed by atoms with Gasteiger partial charge in [-0.25, -0.2) is 18.5 Å². The molecule has 0 atom stereocenters. The summed E-state index contributed by atoms with van der Waals surface area (Å²) in [6, 6.07) is 4.86. The molecule has 3 heterocycles. The van der Waals surface area contributed by atoms with Crippen LogP contribution in [-0.2, 0) is 22.6 Å². The van der Waals surface area contributed by atoms with Crippen LogP contribution in [0.25, 0.3) is 0 Å². The fourth-order valence-corrected chi connectivity index (χ4v) is 4.11. The maximum atomic E-state index is 14.3.